The molecule has 0 radical (unpaired) electrons. The van der Waals surface area contributed by atoms with Crippen LogP contribution in [0, 0.1) is 11.8 Å². The highest BCUT2D eigenvalue weighted by Crippen LogP contribution is 2.65. The van der Waals surface area contributed by atoms with Crippen molar-refractivity contribution < 1.29 is 29.0 Å². The molecule has 2 unspecified atom stereocenters. The van der Waals surface area contributed by atoms with E-state index in [0.717, 1.165) is 0 Å². The fourth-order valence-electron chi connectivity index (χ4n) is 7.10. The minimum atomic E-state index is -1.17. The van der Waals surface area contributed by atoms with Crippen LogP contribution in [0.5, 0.6) is 5.75 Å². The Morgan fingerprint density at radius 1 is 1.07 bits per heavy atom. The smallest absolute Gasteiger partial charge is 0.246 e. The number of carbonyl (C=O) groups excluding carboxylic acids is 3. The molecule has 5 rings (SSSR count). The van der Waals surface area contributed by atoms with Gasteiger partial charge in [-0.25, -0.2) is 0 Å². The van der Waals surface area contributed by atoms with Gasteiger partial charge >= 0.3 is 0 Å². The summed E-state index contributed by atoms with van der Waals surface area (Å²) in [6, 6.07) is 14.4. The van der Waals surface area contributed by atoms with Gasteiger partial charge in [-0.15, -0.1) is 0 Å². The van der Waals surface area contributed by atoms with Crippen molar-refractivity contribution >= 4 is 23.4 Å². The minimum absolute atomic E-state index is 0.165. The molecule has 2 aromatic rings. The molecule has 3 heterocycles. The Hall–Kier alpha value is -3.43. The molecule has 3 amide bonds. The first-order valence-corrected chi connectivity index (χ1v) is 14.2. The summed E-state index contributed by atoms with van der Waals surface area (Å²) in [5.74, 6) is -1.93. The van der Waals surface area contributed by atoms with Crippen molar-refractivity contribution in [3.05, 3.63) is 60.2 Å². The lowest BCUT2D eigenvalue weighted by atomic mass is 9.65. The summed E-state index contributed by atoms with van der Waals surface area (Å²) in [5, 5.41) is 16.5. The van der Waals surface area contributed by atoms with Crippen LogP contribution in [0.15, 0.2) is 54.6 Å². The fourth-order valence-corrected chi connectivity index (χ4v) is 7.10. The molecule has 3 saturated heterocycles. The normalized spacial score (nSPS) is 29.4. The van der Waals surface area contributed by atoms with Gasteiger partial charge in [-0.3, -0.25) is 14.4 Å². The van der Waals surface area contributed by atoms with Gasteiger partial charge in [0.15, 0.2) is 0 Å². The zero-order valence-corrected chi connectivity index (χ0v) is 23.6. The van der Waals surface area contributed by atoms with Crippen molar-refractivity contribution in [2.75, 3.05) is 18.5 Å². The summed E-state index contributed by atoms with van der Waals surface area (Å²) in [5.41, 5.74) is -0.730. The highest BCUT2D eigenvalue weighted by Gasteiger charge is 2.79. The Balaban J connectivity index is 1.55. The zero-order valence-electron chi connectivity index (χ0n) is 23.6. The Morgan fingerprint density at radius 2 is 1.77 bits per heavy atom. The Kier molecular flexibility index (Phi) is 7.63. The fraction of sp³-hybridized carbons (Fsp3) is 0.516. The molecular formula is C31H39N3O6. The standard InChI is InChI=1S/C31H39N3O6/c1-5-30-16-17-31(40-30)25(24(30)27(36)33-21-12-14-22(15-13-21)39-6-2)29(38)34(26(31)28(37)32-19(3)4)23(18-35)20-10-8-7-9-11-20/h7-15,19,23-26,35H,5-6,16-18H2,1-4H3,(H,32,37)(H,33,36)/t23-,24-,25+,26?,30+,31?/m1/s1. The summed E-state index contributed by atoms with van der Waals surface area (Å²) in [6.45, 7) is 7.76. The van der Waals surface area contributed by atoms with E-state index >= 15 is 0 Å². The number of aliphatic hydroxyl groups excluding tert-OH is 1. The molecule has 0 aliphatic carbocycles. The average molecular weight is 550 g/mol. The molecular weight excluding hydrogens is 510 g/mol. The molecule has 3 fully saturated rings. The number of anilines is 1. The predicted molar refractivity (Wildman–Crippen MR) is 149 cm³/mol. The van der Waals surface area contributed by atoms with Gasteiger partial charge in [-0.05, 0) is 69.9 Å². The van der Waals surface area contributed by atoms with E-state index in [1.54, 1.807) is 24.3 Å². The number of ether oxygens (including phenoxy) is 2. The molecule has 2 bridgehead atoms. The number of nitrogens with zero attached hydrogens (tertiary/aromatic N) is 1. The average Bonchev–Trinajstić information content (AvgIpc) is 3.54. The van der Waals surface area contributed by atoms with E-state index in [0.29, 0.717) is 42.9 Å². The van der Waals surface area contributed by atoms with Gasteiger partial charge < -0.3 is 30.1 Å². The lowest BCUT2D eigenvalue weighted by Gasteiger charge is -2.37. The first kappa shape index (κ1) is 28.1. The largest absolute Gasteiger partial charge is 0.494 e. The van der Waals surface area contributed by atoms with Gasteiger partial charge in [0.25, 0.3) is 0 Å². The van der Waals surface area contributed by atoms with E-state index in [9.17, 15) is 19.5 Å². The van der Waals surface area contributed by atoms with Crippen LogP contribution in [-0.4, -0.2) is 64.2 Å². The van der Waals surface area contributed by atoms with Crippen molar-refractivity contribution in [3.8, 4) is 5.75 Å². The van der Waals surface area contributed by atoms with Gasteiger partial charge in [0.1, 0.15) is 17.4 Å². The third kappa shape index (κ3) is 4.45. The van der Waals surface area contributed by atoms with E-state index in [-0.39, 0.29) is 30.4 Å². The number of hydrogen-bond acceptors (Lipinski definition) is 6. The topological polar surface area (TPSA) is 117 Å². The molecule has 40 heavy (non-hydrogen) atoms. The van der Waals surface area contributed by atoms with Gasteiger partial charge in [-0.1, -0.05) is 37.3 Å². The maximum absolute atomic E-state index is 14.4. The second kappa shape index (κ2) is 10.9. The van der Waals surface area contributed by atoms with Crippen LogP contribution < -0.4 is 15.4 Å². The maximum Gasteiger partial charge on any atom is 0.246 e. The van der Waals surface area contributed by atoms with Gasteiger partial charge in [0.05, 0.1) is 36.7 Å². The summed E-state index contributed by atoms with van der Waals surface area (Å²) < 4.78 is 12.3. The molecule has 3 N–H and O–H groups in total. The van der Waals surface area contributed by atoms with Crippen LogP contribution in [0.1, 0.15) is 58.6 Å². The molecule has 9 heteroatoms. The van der Waals surface area contributed by atoms with Crippen molar-refractivity contribution in [1.29, 1.82) is 0 Å². The summed E-state index contributed by atoms with van der Waals surface area (Å²) >= 11 is 0. The van der Waals surface area contributed by atoms with Crippen LogP contribution in [0.2, 0.25) is 0 Å². The molecule has 0 saturated carbocycles. The van der Waals surface area contributed by atoms with Crippen molar-refractivity contribution in [2.45, 2.75) is 76.3 Å². The lowest BCUT2D eigenvalue weighted by molar-refractivity contribution is -0.150. The molecule has 3 aliphatic rings. The van der Waals surface area contributed by atoms with E-state index < -0.39 is 35.1 Å². The van der Waals surface area contributed by atoms with Crippen LogP contribution in [0.25, 0.3) is 0 Å². The molecule has 2 aromatic carbocycles. The van der Waals surface area contributed by atoms with Crippen molar-refractivity contribution in [1.82, 2.24) is 10.2 Å². The van der Waals surface area contributed by atoms with E-state index in [4.69, 9.17) is 9.47 Å². The molecule has 9 nitrogen and oxygen atoms in total. The lowest BCUT2D eigenvalue weighted by Crippen LogP contribution is -2.57. The quantitative estimate of drug-likeness (QED) is 0.418. The molecule has 3 aliphatic heterocycles. The molecule has 6 atom stereocenters. The highest BCUT2D eigenvalue weighted by molar-refractivity contribution is 6.02. The summed E-state index contributed by atoms with van der Waals surface area (Å²) in [4.78, 5) is 43.8. The second-order valence-electron chi connectivity index (χ2n) is 11.3. The van der Waals surface area contributed by atoms with E-state index in [2.05, 4.69) is 10.6 Å². The molecule has 0 aromatic heterocycles. The number of nitrogens with one attached hydrogen (secondary N) is 2. The maximum atomic E-state index is 14.4. The first-order valence-electron chi connectivity index (χ1n) is 14.2. The number of rotatable bonds is 10. The Labute approximate surface area is 235 Å². The van der Waals surface area contributed by atoms with E-state index in [1.165, 1.54) is 4.90 Å². The zero-order chi connectivity index (χ0) is 28.7. The number of fused-ring (bicyclic) bond motifs is 1. The van der Waals surface area contributed by atoms with Crippen LogP contribution in [0.3, 0.4) is 0 Å². The number of hydrogen-bond donors (Lipinski definition) is 3. The molecule has 1 spiro atoms. The SMILES string of the molecule is CCOc1ccc(NC(=O)[C@H]2[C@H]3C(=O)N([C@H](CO)c4ccccc4)C(C(=O)NC(C)C)C34CC[C@]2(CC)O4)cc1. The van der Waals surface area contributed by atoms with Gasteiger partial charge in [0, 0.05) is 11.7 Å². The number of benzene rings is 2. The van der Waals surface area contributed by atoms with E-state index in [1.807, 2.05) is 58.0 Å². The van der Waals surface area contributed by atoms with Crippen LogP contribution in [-0.2, 0) is 19.1 Å². The van der Waals surface area contributed by atoms with Crippen LogP contribution >= 0.6 is 0 Å². The van der Waals surface area contributed by atoms with Gasteiger partial charge in [0.2, 0.25) is 17.7 Å². The number of amides is 3. The first-order chi connectivity index (χ1) is 19.2. The summed E-state index contributed by atoms with van der Waals surface area (Å²) in [6.07, 6.45) is 1.56. The number of carbonyl (C=O) groups is 3. The predicted octanol–water partition coefficient (Wildman–Crippen LogP) is 3.44. The minimum Gasteiger partial charge on any atom is -0.494 e. The van der Waals surface area contributed by atoms with Crippen molar-refractivity contribution in [2.24, 2.45) is 11.8 Å². The van der Waals surface area contributed by atoms with Gasteiger partial charge in [-0.2, -0.15) is 0 Å². The Morgan fingerprint density at radius 3 is 2.38 bits per heavy atom. The third-order valence-corrected chi connectivity index (χ3v) is 8.71. The Bertz CT molecular complexity index is 1250. The second-order valence-corrected chi connectivity index (χ2v) is 11.3. The number of likely N-dealkylation sites (tertiary alicyclic amines) is 1. The highest BCUT2D eigenvalue weighted by atomic mass is 16.5. The van der Waals surface area contributed by atoms with Crippen molar-refractivity contribution in [3.63, 3.8) is 0 Å². The molecule has 214 valence electrons. The summed E-state index contributed by atoms with van der Waals surface area (Å²) in [7, 11) is 0. The third-order valence-electron chi connectivity index (χ3n) is 8.71. The monoisotopic (exact) mass is 549 g/mol. The number of aliphatic hydroxyl groups is 1. The van der Waals surface area contributed by atoms with Crippen LogP contribution in [0.4, 0.5) is 5.69 Å².